The number of ether oxygens (including phenoxy) is 1. The second-order valence-corrected chi connectivity index (χ2v) is 5.23. The molecule has 22 heavy (non-hydrogen) atoms. The lowest BCUT2D eigenvalue weighted by Gasteiger charge is -2.27. The molecular formula is C17H30N4O. The largest absolute Gasteiger partial charge is 0.497 e. The third-order valence-electron chi connectivity index (χ3n) is 3.82. The van der Waals surface area contributed by atoms with Gasteiger partial charge in [0.15, 0.2) is 5.96 Å². The summed E-state index contributed by atoms with van der Waals surface area (Å²) in [7, 11) is 3.48. The topological polar surface area (TPSA) is 48.9 Å². The van der Waals surface area contributed by atoms with E-state index < -0.39 is 0 Å². The summed E-state index contributed by atoms with van der Waals surface area (Å²) in [6.07, 6.45) is 0. The lowest BCUT2D eigenvalue weighted by atomic mass is 10.2. The van der Waals surface area contributed by atoms with Gasteiger partial charge in [0.25, 0.3) is 0 Å². The maximum Gasteiger partial charge on any atom is 0.191 e. The van der Waals surface area contributed by atoms with E-state index in [9.17, 15) is 0 Å². The molecule has 0 aromatic heterocycles. The van der Waals surface area contributed by atoms with Gasteiger partial charge >= 0.3 is 0 Å². The minimum atomic E-state index is 0.477. The maximum absolute atomic E-state index is 5.24. The van der Waals surface area contributed by atoms with E-state index in [1.54, 1.807) is 14.2 Å². The fourth-order valence-electron chi connectivity index (χ4n) is 2.41. The normalized spacial score (nSPS) is 13.1. The van der Waals surface area contributed by atoms with Crippen LogP contribution in [0.2, 0.25) is 0 Å². The van der Waals surface area contributed by atoms with Gasteiger partial charge in [0.05, 0.1) is 7.11 Å². The molecule has 1 unspecified atom stereocenters. The van der Waals surface area contributed by atoms with Crippen LogP contribution in [0.3, 0.4) is 0 Å². The molecule has 0 aliphatic heterocycles. The summed E-state index contributed by atoms with van der Waals surface area (Å²) >= 11 is 0. The van der Waals surface area contributed by atoms with Gasteiger partial charge in [0, 0.05) is 26.2 Å². The van der Waals surface area contributed by atoms with Crippen LogP contribution in [0.4, 0.5) is 0 Å². The van der Waals surface area contributed by atoms with E-state index in [4.69, 9.17) is 4.74 Å². The van der Waals surface area contributed by atoms with Crippen LogP contribution < -0.4 is 15.4 Å². The molecule has 124 valence electrons. The quantitative estimate of drug-likeness (QED) is 0.570. The third kappa shape index (κ3) is 5.93. The highest BCUT2D eigenvalue weighted by molar-refractivity contribution is 5.79. The Morgan fingerprint density at radius 2 is 2.00 bits per heavy atom. The van der Waals surface area contributed by atoms with Gasteiger partial charge in [-0.3, -0.25) is 9.89 Å². The van der Waals surface area contributed by atoms with Crippen molar-refractivity contribution in [2.45, 2.75) is 33.4 Å². The van der Waals surface area contributed by atoms with Crippen molar-refractivity contribution < 1.29 is 4.74 Å². The molecule has 0 heterocycles. The molecule has 0 radical (unpaired) electrons. The van der Waals surface area contributed by atoms with Gasteiger partial charge in [0.1, 0.15) is 5.75 Å². The highest BCUT2D eigenvalue weighted by Crippen LogP contribution is 2.11. The van der Waals surface area contributed by atoms with Crippen molar-refractivity contribution in [3.8, 4) is 5.75 Å². The van der Waals surface area contributed by atoms with Gasteiger partial charge < -0.3 is 15.4 Å². The first-order valence-electron chi connectivity index (χ1n) is 7.96. The van der Waals surface area contributed by atoms with Crippen molar-refractivity contribution in [3.63, 3.8) is 0 Å². The fraction of sp³-hybridized carbons (Fsp3) is 0.588. The molecule has 0 saturated heterocycles. The van der Waals surface area contributed by atoms with Gasteiger partial charge in [0.2, 0.25) is 0 Å². The van der Waals surface area contributed by atoms with E-state index in [2.05, 4.69) is 47.4 Å². The lowest BCUT2D eigenvalue weighted by Crippen LogP contribution is -2.45. The molecule has 1 atom stereocenters. The number of rotatable bonds is 8. The average Bonchev–Trinajstić information content (AvgIpc) is 2.56. The second-order valence-electron chi connectivity index (χ2n) is 5.23. The third-order valence-corrected chi connectivity index (χ3v) is 3.82. The molecule has 0 spiro atoms. The molecule has 1 rings (SSSR count). The van der Waals surface area contributed by atoms with Crippen LogP contribution in [0.15, 0.2) is 29.3 Å². The molecule has 5 nitrogen and oxygen atoms in total. The lowest BCUT2D eigenvalue weighted by molar-refractivity contribution is 0.231. The van der Waals surface area contributed by atoms with Crippen LogP contribution in [-0.4, -0.2) is 50.7 Å². The Hall–Kier alpha value is -1.75. The number of benzene rings is 1. The molecule has 0 saturated carbocycles. The van der Waals surface area contributed by atoms with Crippen molar-refractivity contribution in [1.82, 2.24) is 15.5 Å². The minimum Gasteiger partial charge on any atom is -0.497 e. The first-order valence-corrected chi connectivity index (χ1v) is 7.96. The number of likely N-dealkylation sites (N-methyl/N-ethyl adjacent to an activating group) is 1. The Morgan fingerprint density at radius 1 is 1.27 bits per heavy atom. The smallest absolute Gasteiger partial charge is 0.191 e. The van der Waals surface area contributed by atoms with Crippen LogP contribution in [0.25, 0.3) is 0 Å². The highest BCUT2D eigenvalue weighted by Gasteiger charge is 2.10. The highest BCUT2D eigenvalue weighted by atomic mass is 16.5. The Labute approximate surface area is 134 Å². The second kappa shape index (κ2) is 10.1. The van der Waals surface area contributed by atoms with Crippen LogP contribution in [0, 0.1) is 0 Å². The number of aliphatic imine (C=N–C) groups is 1. The summed E-state index contributed by atoms with van der Waals surface area (Å²) in [6.45, 7) is 10.3. The molecular weight excluding hydrogens is 276 g/mol. The number of hydrogen-bond acceptors (Lipinski definition) is 3. The zero-order chi connectivity index (χ0) is 16.4. The van der Waals surface area contributed by atoms with Crippen LogP contribution in [0.1, 0.15) is 26.3 Å². The van der Waals surface area contributed by atoms with E-state index in [0.717, 1.165) is 37.9 Å². The molecule has 5 heteroatoms. The minimum absolute atomic E-state index is 0.477. The van der Waals surface area contributed by atoms with Crippen molar-refractivity contribution in [3.05, 3.63) is 29.8 Å². The van der Waals surface area contributed by atoms with E-state index in [1.807, 2.05) is 18.2 Å². The predicted octanol–water partition coefficient (Wildman–Crippen LogP) is 2.09. The zero-order valence-electron chi connectivity index (χ0n) is 14.5. The monoisotopic (exact) mass is 306 g/mol. The van der Waals surface area contributed by atoms with Crippen LogP contribution in [-0.2, 0) is 6.54 Å². The van der Waals surface area contributed by atoms with Gasteiger partial charge in [-0.05, 0) is 37.7 Å². The molecule has 0 aliphatic rings. The number of guanidine groups is 1. The Kier molecular flexibility index (Phi) is 8.36. The fourth-order valence-corrected chi connectivity index (χ4v) is 2.41. The van der Waals surface area contributed by atoms with Gasteiger partial charge in [-0.1, -0.05) is 26.0 Å². The molecule has 0 bridgehead atoms. The van der Waals surface area contributed by atoms with E-state index >= 15 is 0 Å². The number of nitrogens with zero attached hydrogens (tertiary/aromatic N) is 2. The van der Waals surface area contributed by atoms with Crippen LogP contribution >= 0.6 is 0 Å². The SMILES string of the molecule is CCN(CC)C(C)CNC(=NC)NCc1cccc(OC)c1. The molecule has 1 aromatic carbocycles. The number of hydrogen-bond donors (Lipinski definition) is 2. The van der Waals surface area contributed by atoms with Crippen LogP contribution in [0.5, 0.6) is 5.75 Å². The van der Waals surface area contributed by atoms with Crippen molar-refractivity contribution in [2.75, 3.05) is 33.8 Å². The summed E-state index contributed by atoms with van der Waals surface area (Å²) in [5.41, 5.74) is 1.17. The molecule has 0 aliphatic carbocycles. The van der Waals surface area contributed by atoms with Crippen molar-refractivity contribution in [1.29, 1.82) is 0 Å². The van der Waals surface area contributed by atoms with Gasteiger partial charge in [-0.15, -0.1) is 0 Å². The summed E-state index contributed by atoms with van der Waals surface area (Å²) in [6, 6.07) is 8.52. The van der Waals surface area contributed by atoms with Crippen molar-refractivity contribution >= 4 is 5.96 Å². The van der Waals surface area contributed by atoms with E-state index in [0.29, 0.717) is 6.04 Å². The first kappa shape index (κ1) is 18.3. The Balaban J connectivity index is 2.45. The van der Waals surface area contributed by atoms with Gasteiger partial charge in [-0.25, -0.2) is 0 Å². The first-order chi connectivity index (χ1) is 10.6. The number of nitrogens with one attached hydrogen (secondary N) is 2. The molecule has 2 N–H and O–H groups in total. The van der Waals surface area contributed by atoms with Gasteiger partial charge in [-0.2, -0.15) is 0 Å². The summed E-state index contributed by atoms with van der Waals surface area (Å²) in [4.78, 5) is 6.69. The Morgan fingerprint density at radius 3 is 2.59 bits per heavy atom. The molecule has 0 amide bonds. The summed E-state index contributed by atoms with van der Waals surface area (Å²) in [5.74, 6) is 1.69. The van der Waals surface area contributed by atoms with E-state index in [1.165, 1.54) is 5.56 Å². The van der Waals surface area contributed by atoms with Crippen molar-refractivity contribution in [2.24, 2.45) is 4.99 Å². The van der Waals surface area contributed by atoms with E-state index in [-0.39, 0.29) is 0 Å². The average molecular weight is 306 g/mol. The summed E-state index contributed by atoms with van der Waals surface area (Å²) in [5, 5.41) is 6.72. The maximum atomic E-state index is 5.24. The standard InChI is InChI=1S/C17H30N4O/c1-6-21(7-2)14(3)12-19-17(18-4)20-13-15-9-8-10-16(11-15)22-5/h8-11,14H,6-7,12-13H2,1-5H3,(H2,18,19,20). The number of methoxy groups -OCH3 is 1. The molecule has 1 aromatic rings. The predicted molar refractivity (Wildman–Crippen MR) is 93.6 cm³/mol. The molecule has 0 fully saturated rings. The summed E-state index contributed by atoms with van der Waals surface area (Å²) < 4.78 is 5.24. The Bertz CT molecular complexity index is 458. The zero-order valence-corrected chi connectivity index (χ0v) is 14.5.